The second kappa shape index (κ2) is 6.09. The molecule has 0 aliphatic carbocycles. The van der Waals surface area contributed by atoms with Gasteiger partial charge in [0.25, 0.3) is 0 Å². The average Bonchev–Trinajstić information content (AvgIpc) is 2.27. The van der Waals surface area contributed by atoms with Crippen LogP contribution in [0.5, 0.6) is 5.75 Å². The van der Waals surface area contributed by atoms with E-state index in [-0.39, 0.29) is 11.7 Å². The van der Waals surface area contributed by atoms with E-state index in [9.17, 15) is 18.3 Å². The Hall–Kier alpha value is -1.23. The molecular formula is C13H17F3O2. The molecule has 1 N–H and O–H groups in total. The van der Waals surface area contributed by atoms with Crippen molar-refractivity contribution in [2.24, 2.45) is 0 Å². The van der Waals surface area contributed by atoms with E-state index in [4.69, 9.17) is 4.74 Å². The average molecular weight is 262 g/mol. The molecule has 0 heterocycles. The maximum atomic E-state index is 12.3. The molecule has 5 heteroatoms. The van der Waals surface area contributed by atoms with Crippen molar-refractivity contribution in [2.75, 3.05) is 0 Å². The molecule has 0 saturated heterocycles. The third-order valence-electron chi connectivity index (χ3n) is 2.61. The minimum absolute atomic E-state index is 0.107. The molecule has 102 valence electrons. The number of rotatable bonds is 5. The molecule has 1 aromatic rings. The Bertz CT molecular complexity index is 377. The summed E-state index contributed by atoms with van der Waals surface area (Å²) in [6, 6.07) is 6.27. The largest absolute Gasteiger partial charge is 0.490 e. The maximum Gasteiger partial charge on any atom is 0.391 e. The summed E-state index contributed by atoms with van der Waals surface area (Å²) in [5.74, 6) is 0.309. The van der Waals surface area contributed by atoms with Gasteiger partial charge in [-0.2, -0.15) is 13.2 Å². The summed E-state index contributed by atoms with van der Waals surface area (Å²) < 4.78 is 42.3. The van der Waals surface area contributed by atoms with Crippen LogP contribution in [0.25, 0.3) is 0 Å². The molecule has 0 radical (unpaired) electrons. The monoisotopic (exact) mass is 262 g/mol. The van der Waals surface area contributed by atoms with Crippen LogP contribution in [0.15, 0.2) is 24.3 Å². The Morgan fingerprint density at radius 2 is 1.89 bits per heavy atom. The molecule has 0 aliphatic heterocycles. The van der Waals surface area contributed by atoms with Crippen molar-refractivity contribution in [3.8, 4) is 5.75 Å². The van der Waals surface area contributed by atoms with Crippen molar-refractivity contribution < 1.29 is 23.0 Å². The molecule has 2 nitrogen and oxygen atoms in total. The van der Waals surface area contributed by atoms with Crippen LogP contribution < -0.4 is 4.74 Å². The third-order valence-corrected chi connectivity index (χ3v) is 2.61. The number of para-hydroxylation sites is 1. The Labute approximate surface area is 104 Å². The zero-order chi connectivity index (χ0) is 13.8. The quantitative estimate of drug-likeness (QED) is 0.873. The second-order valence-corrected chi connectivity index (χ2v) is 4.21. The van der Waals surface area contributed by atoms with Crippen LogP contribution in [0.3, 0.4) is 0 Å². The highest BCUT2D eigenvalue weighted by atomic mass is 19.4. The molecule has 0 spiro atoms. The minimum atomic E-state index is -4.40. The summed E-state index contributed by atoms with van der Waals surface area (Å²) in [4.78, 5) is 0. The van der Waals surface area contributed by atoms with Crippen molar-refractivity contribution in [3.05, 3.63) is 29.8 Å². The number of benzene rings is 1. The van der Waals surface area contributed by atoms with Crippen molar-refractivity contribution in [2.45, 2.75) is 45.1 Å². The van der Waals surface area contributed by atoms with Crippen LogP contribution in [-0.4, -0.2) is 17.4 Å². The summed E-state index contributed by atoms with van der Waals surface area (Å²) in [6.45, 7) is 3.74. The standard InChI is InChI=1S/C13H17F3O2/c1-3-9(2)18-12-7-5-4-6-10(12)11(17)8-13(14,15)16/h4-7,9,11,17H,3,8H2,1-2H3. The number of ether oxygens (including phenoxy) is 1. The summed E-state index contributed by atoms with van der Waals surface area (Å²) in [7, 11) is 0. The smallest absolute Gasteiger partial charge is 0.391 e. The van der Waals surface area contributed by atoms with Crippen LogP contribution in [0, 0.1) is 0 Å². The number of alkyl halides is 3. The minimum Gasteiger partial charge on any atom is -0.490 e. The molecule has 0 amide bonds. The predicted octanol–water partition coefficient (Wildman–Crippen LogP) is 3.85. The van der Waals surface area contributed by atoms with E-state index in [1.165, 1.54) is 6.07 Å². The zero-order valence-electron chi connectivity index (χ0n) is 10.4. The number of aliphatic hydroxyl groups excluding tert-OH is 1. The number of aliphatic hydroxyl groups is 1. The molecule has 0 aromatic heterocycles. The number of hydrogen-bond donors (Lipinski definition) is 1. The molecule has 1 aromatic carbocycles. The third kappa shape index (κ3) is 4.56. The van der Waals surface area contributed by atoms with E-state index in [2.05, 4.69) is 0 Å². The lowest BCUT2D eigenvalue weighted by Gasteiger charge is -2.20. The van der Waals surface area contributed by atoms with Crippen molar-refractivity contribution in [3.63, 3.8) is 0 Å². The van der Waals surface area contributed by atoms with Gasteiger partial charge in [-0.15, -0.1) is 0 Å². The number of hydrogen-bond acceptors (Lipinski definition) is 2. The van der Waals surface area contributed by atoms with Gasteiger partial charge in [0.1, 0.15) is 5.75 Å². The van der Waals surface area contributed by atoms with Crippen molar-refractivity contribution >= 4 is 0 Å². The van der Waals surface area contributed by atoms with Gasteiger partial charge >= 0.3 is 6.18 Å². The number of halogens is 3. The zero-order valence-corrected chi connectivity index (χ0v) is 10.4. The molecule has 18 heavy (non-hydrogen) atoms. The van der Waals surface area contributed by atoms with E-state index >= 15 is 0 Å². The van der Waals surface area contributed by atoms with Gasteiger partial charge < -0.3 is 9.84 Å². The van der Waals surface area contributed by atoms with E-state index in [1.807, 2.05) is 13.8 Å². The lowest BCUT2D eigenvalue weighted by atomic mass is 10.1. The highest BCUT2D eigenvalue weighted by molar-refractivity contribution is 5.35. The lowest BCUT2D eigenvalue weighted by molar-refractivity contribution is -0.154. The summed E-state index contributed by atoms with van der Waals surface area (Å²) in [5.41, 5.74) is 0.176. The summed E-state index contributed by atoms with van der Waals surface area (Å²) in [5, 5.41) is 9.62. The molecule has 0 fully saturated rings. The first-order valence-electron chi connectivity index (χ1n) is 5.84. The summed E-state index contributed by atoms with van der Waals surface area (Å²) >= 11 is 0. The van der Waals surface area contributed by atoms with Gasteiger partial charge in [0.05, 0.1) is 18.6 Å². The Balaban J connectivity index is 2.87. The highest BCUT2D eigenvalue weighted by Crippen LogP contribution is 2.34. The first kappa shape index (κ1) is 14.8. The van der Waals surface area contributed by atoms with Gasteiger partial charge in [-0.1, -0.05) is 25.1 Å². The second-order valence-electron chi connectivity index (χ2n) is 4.21. The Morgan fingerprint density at radius 1 is 1.28 bits per heavy atom. The summed E-state index contributed by atoms with van der Waals surface area (Å²) in [6.07, 6.45) is -6.63. The SMILES string of the molecule is CCC(C)Oc1ccccc1C(O)CC(F)(F)F. The van der Waals surface area contributed by atoms with Gasteiger partial charge in [-0.25, -0.2) is 0 Å². The molecule has 1 rings (SSSR count). The van der Waals surface area contributed by atoms with E-state index in [1.54, 1.807) is 18.2 Å². The maximum absolute atomic E-state index is 12.3. The van der Waals surface area contributed by atoms with Crippen LogP contribution >= 0.6 is 0 Å². The first-order chi connectivity index (χ1) is 8.33. The van der Waals surface area contributed by atoms with Crippen LogP contribution in [0.4, 0.5) is 13.2 Å². The van der Waals surface area contributed by atoms with E-state index in [0.717, 1.165) is 6.42 Å². The highest BCUT2D eigenvalue weighted by Gasteiger charge is 2.32. The van der Waals surface area contributed by atoms with Crippen LogP contribution in [0.2, 0.25) is 0 Å². The lowest BCUT2D eigenvalue weighted by Crippen LogP contribution is -2.16. The Morgan fingerprint density at radius 3 is 2.44 bits per heavy atom. The fourth-order valence-corrected chi connectivity index (χ4v) is 1.49. The molecule has 0 bridgehead atoms. The molecule has 2 atom stereocenters. The molecule has 0 aliphatic rings. The van der Waals surface area contributed by atoms with Gasteiger partial charge in [0.15, 0.2) is 0 Å². The van der Waals surface area contributed by atoms with Crippen LogP contribution in [-0.2, 0) is 0 Å². The molecular weight excluding hydrogens is 245 g/mol. The van der Waals surface area contributed by atoms with Crippen molar-refractivity contribution in [1.82, 2.24) is 0 Å². The van der Waals surface area contributed by atoms with Gasteiger partial charge in [-0.3, -0.25) is 0 Å². The van der Waals surface area contributed by atoms with Gasteiger partial charge in [-0.05, 0) is 19.4 Å². The normalized spacial score (nSPS) is 15.2. The molecule has 0 saturated carbocycles. The first-order valence-corrected chi connectivity index (χ1v) is 5.84. The fourth-order valence-electron chi connectivity index (χ4n) is 1.49. The van der Waals surface area contributed by atoms with Crippen LogP contribution in [0.1, 0.15) is 38.4 Å². The van der Waals surface area contributed by atoms with E-state index < -0.39 is 18.7 Å². The van der Waals surface area contributed by atoms with E-state index in [0.29, 0.717) is 5.75 Å². The van der Waals surface area contributed by atoms with Crippen molar-refractivity contribution in [1.29, 1.82) is 0 Å². The topological polar surface area (TPSA) is 29.5 Å². The fraction of sp³-hybridized carbons (Fsp3) is 0.538. The Kier molecular flexibility index (Phi) is 5.02. The van der Waals surface area contributed by atoms with Gasteiger partial charge in [0, 0.05) is 5.56 Å². The molecule has 2 unspecified atom stereocenters. The van der Waals surface area contributed by atoms with Gasteiger partial charge in [0.2, 0.25) is 0 Å². The predicted molar refractivity (Wildman–Crippen MR) is 62.5 cm³/mol.